The SMILES string of the molecule is Cc1cccc(NC(N)=NCc2cccc(S(=O)(=O)NC(C)C)c2)c1. The van der Waals surface area contributed by atoms with Gasteiger partial charge in [0.05, 0.1) is 11.4 Å². The van der Waals surface area contributed by atoms with Gasteiger partial charge in [-0.05, 0) is 56.2 Å². The molecule has 2 aromatic rings. The Morgan fingerprint density at radius 2 is 1.88 bits per heavy atom. The summed E-state index contributed by atoms with van der Waals surface area (Å²) in [4.78, 5) is 4.49. The number of rotatable bonds is 6. The van der Waals surface area contributed by atoms with Gasteiger partial charge in [0.1, 0.15) is 0 Å². The van der Waals surface area contributed by atoms with Crippen LogP contribution in [0.15, 0.2) is 58.4 Å². The van der Waals surface area contributed by atoms with Crippen molar-refractivity contribution in [3.63, 3.8) is 0 Å². The maximum atomic E-state index is 12.2. The third-order valence-electron chi connectivity index (χ3n) is 3.32. The van der Waals surface area contributed by atoms with Crippen LogP contribution in [0.4, 0.5) is 5.69 Å². The first kappa shape index (κ1) is 19.0. The molecule has 0 heterocycles. The number of anilines is 1. The highest BCUT2D eigenvalue weighted by Crippen LogP contribution is 2.13. The molecular weight excluding hydrogens is 336 g/mol. The molecule has 0 saturated heterocycles. The van der Waals surface area contributed by atoms with E-state index in [1.165, 1.54) is 0 Å². The Labute approximate surface area is 149 Å². The fourth-order valence-electron chi connectivity index (χ4n) is 2.28. The lowest BCUT2D eigenvalue weighted by Gasteiger charge is -2.10. The van der Waals surface area contributed by atoms with Crippen molar-refractivity contribution in [2.75, 3.05) is 5.32 Å². The molecule has 0 aliphatic carbocycles. The molecule has 0 aliphatic rings. The first-order valence-electron chi connectivity index (χ1n) is 8.01. The Morgan fingerprint density at radius 1 is 1.16 bits per heavy atom. The summed E-state index contributed by atoms with van der Waals surface area (Å²) >= 11 is 0. The Kier molecular flexibility index (Phi) is 6.17. The van der Waals surface area contributed by atoms with Crippen LogP contribution in [0, 0.1) is 6.92 Å². The molecule has 4 N–H and O–H groups in total. The molecule has 0 aliphatic heterocycles. The summed E-state index contributed by atoms with van der Waals surface area (Å²) in [6.45, 7) is 5.85. The van der Waals surface area contributed by atoms with Crippen molar-refractivity contribution >= 4 is 21.7 Å². The highest BCUT2D eigenvalue weighted by atomic mass is 32.2. The van der Waals surface area contributed by atoms with Crippen LogP contribution in [0.25, 0.3) is 0 Å². The first-order chi connectivity index (χ1) is 11.8. The van der Waals surface area contributed by atoms with Gasteiger partial charge in [0.2, 0.25) is 10.0 Å². The number of sulfonamides is 1. The van der Waals surface area contributed by atoms with Crippen LogP contribution >= 0.6 is 0 Å². The molecule has 0 spiro atoms. The number of nitrogens with two attached hydrogens (primary N) is 1. The van der Waals surface area contributed by atoms with Crippen LogP contribution in [0.3, 0.4) is 0 Å². The van der Waals surface area contributed by atoms with Gasteiger partial charge < -0.3 is 11.1 Å². The molecule has 6 nitrogen and oxygen atoms in total. The van der Waals surface area contributed by atoms with E-state index in [1.807, 2.05) is 37.3 Å². The molecule has 2 aromatic carbocycles. The van der Waals surface area contributed by atoms with Crippen LogP contribution in [0.1, 0.15) is 25.0 Å². The first-order valence-corrected chi connectivity index (χ1v) is 9.49. The van der Waals surface area contributed by atoms with E-state index in [1.54, 1.807) is 32.0 Å². The Bertz CT molecular complexity index is 861. The molecule has 0 fully saturated rings. The molecule has 0 atom stereocenters. The van der Waals surface area contributed by atoms with Crippen LogP contribution in [0.2, 0.25) is 0 Å². The average molecular weight is 360 g/mol. The molecule has 25 heavy (non-hydrogen) atoms. The monoisotopic (exact) mass is 360 g/mol. The van der Waals surface area contributed by atoms with E-state index in [-0.39, 0.29) is 23.4 Å². The average Bonchev–Trinajstić information content (AvgIpc) is 2.52. The Morgan fingerprint density at radius 3 is 2.56 bits per heavy atom. The maximum Gasteiger partial charge on any atom is 0.240 e. The molecule has 134 valence electrons. The zero-order valence-corrected chi connectivity index (χ0v) is 15.5. The zero-order chi connectivity index (χ0) is 18.4. The van der Waals surface area contributed by atoms with E-state index in [0.717, 1.165) is 16.8 Å². The van der Waals surface area contributed by atoms with E-state index in [9.17, 15) is 8.42 Å². The normalized spacial score (nSPS) is 12.4. The predicted octanol–water partition coefficient (Wildman–Crippen LogP) is 2.61. The van der Waals surface area contributed by atoms with E-state index in [0.29, 0.717) is 0 Å². The summed E-state index contributed by atoms with van der Waals surface area (Å²) in [5.74, 6) is 0.277. The van der Waals surface area contributed by atoms with Gasteiger partial charge >= 0.3 is 0 Å². The molecule has 0 bridgehead atoms. The fraction of sp³-hybridized carbons (Fsp3) is 0.278. The van der Waals surface area contributed by atoms with Crippen molar-refractivity contribution in [3.05, 3.63) is 59.7 Å². The number of benzene rings is 2. The fourth-order valence-corrected chi connectivity index (χ4v) is 3.60. The van der Waals surface area contributed by atoms with Gasteiger partial charge in [-0.1, -0.05) is 24.3 Å². The summed E-state index contributed by atoms with van der Waals surface area (Å²) in [6, 6.07) is 14.3. The van der Waals surface area contributed by atoms with Gasteiger partial charge in [-0.3, -0.25) is 0 Å². The van der Waals surface area contributed by atoms with Crippen molar-refractivity contribution in [1.29, 1.82) is 0 Å². The van der Waals surface area contributed by atoms with Gasteiger partial charge in [-0.25, -0.2) is 18.1 Å². The van der Waals surface area contributed by atoms with Gasteiger partial charge in [0.15, 0.2) is 5.96 Å². The second kappa shape index (κ2) is 8.13. The van der Waals surface area contributed by atoms with Crippen molar-refractivity contribution in [2.24, 2.45) is 10.7 Å². The second-order valence-electron chi connectivity index (χ2n) is 6.12. The summed E-state index contributed by atoms with van der Waals surface area (Å²) < 4.78 is 27.0. The van der Waals surface area contributed by atoms with Crippen molar-refractivity contribution in [2.45, 2.75) is 38.3 Å². The Hall–Kier alpha value is -2.38. The largest absolute Gasteiger partial charge is 0.370 e. The quantitative estimate of drug-likeness (QED) is 0.545. The summed E-state index contributed by atoms with van der Waals surface area (Å²) in [5, 5.41) is 3.02. The van der Waals surface area contributed by atoms with E-state index in [2.05, 4.69) is 15.0 Å². The van der Waals surface area contributed by atoms with Crippen LogP contribution in [-0.4, -0.2) is 20.4 Å². The molecule has 2 rings (SSSR count). The van der Waals surface area contributed by atoms with Crippen LogP contribution in [-0.2, 0) is 16.6 Å². The minimum Gasteiger partial charge on any atom is -0.370 e. The predicted molar refractivity (Wildman–Crippen MR) is 102 cm³/mol. The number of aryl methyl sites for hydroxylation is 1. The maximum absolute atomic E-state index is 12.2. The Balaban J connectivity index is 2.09. The number of hydrogen-bond donors (Lipinski definition) is 3. The lowest BCUT2D eigenvalue weighted by atomic mass is 10.2. The number of nitrogens with zero attached hydrogens (tertiary/aromatic N) is 1. The molecule has 0 aromatic heterocycles. The number of nitrogens with one attached hydrogen (secondary N) is 2. The number of aliphatic imine (C=N–C) groups is 1. The second-order valence-corrected chi connectivity index (χ2v) is 7.83. The topological polar surface area (TPSA) is 96.6 Å². The van der Waals surface area contributed by atoms with E-state index >= 15 is 0 Å². The lowest BCUT2D eigenvalue weighted by Crippen LogP contribution is -2.30. The molecule has 0 saturated carbocycles. The third kappa shape index (κ3) is 5.88. The molecule has 7 heteroatoms. The van der Waals surface area contributed by atoms with E-state index < -0.39 is 10.0 Å². The summed E-state index contributed by atoms with van der Waals surface area (Å²) in [7, 11) is -3.52. The minimum absolute atomic E-state index is 0.166. The molecule has 0 amide bonds. The van der Waals surface area contributed by atoms with Gasteiger partial charge in [-0.15, -0.1) is 0 Å². The highest BCUT2D eigenvalue weighted by Gasteiger charge is 2.15. The standard InChI is InChI=1S/C18H24N4O2S/c1-13(2)22-25(23,24)17-9-5-7-15(11-17)12-20-18(19)21-16-8-4-6-14(3)10-16/h4-11,13,22H,12H2,1-3H3,(H3,19,20,21). The minimum atomic E-state index is -3.52. The number of hydrogen-bond acceptors (Lipinski definition) is 3. The van der Waals surface area contributed by atoms with Crippen molar-refractivity contribution in [3.8, 4) is 0 Å². The summed E-state index contributed by atoms with van der Waals surface area (Å²) in [6.07, 6.45) is 0. The molecule has 0 unspecified atom stereocenters. The van der Waals surface area contributed by atoms with Crippen molar-refractivity contribution in [1.82, 2.24) is 4.72 Å². The third-order valence-corrected chi connectivity index (χ3v) is 4.98. The van der Waals surface area contributed by atoms with Crippen LogP contribution in [0.5, 0.6) is 0 Å². The smallest absolute Gasteiger partial charge is 0.240 e. The van der Waals surface area contributed by atoms with Gasteiger partial charge in [0.25, 0.3) is 0 Å². The van der Waals surface area contributed by atoms with Gasteiger partial charge in [0, 0.05) is 11.7 Å². The number of guanidine groups is 1. The van der Waals surface area contributed by atoms with Gasteiger partial charge in [-0.2, -0.15) is 0 Å². The van der Waals surface area contributed by atoms with Crippen molar-refractivity contribution < 1.29 is 8.42 Å². The highest BCUT2D eigenvalue weighted by molar-refractivity contribution is 7.89. The molecule has 0 radical (unpaired) electrons. The summed E-state index contributed by atoms with van der Waals surface area (Å²) in [5.41, 5.74) is 8.64. The lowest BCUT2D eigenvalue weighted by molar-refractivity contribution is 0.569. The zero-order valence-electron chi connectivity index (χ0n) is 14.7. The molecular formula is C18H24N4O2S. The van der Waals surface area contributed by atoms with Crippen LogP contribution < -0.4 is 15.8 Å². The van der Waals surface area contributed by atoms with E-state index in [4.69, 9.17) is 5.73 Å².